The summed E-state index contributed by atoms with van der Waals surface area (Å²) in [6.07, 6.45) is -37.5. The number of rotatable bonds is 18. The second-order valence-electron chi connectivity index (χ2n) is 27.0. The molecule has 5 heterocycles. The molecule has 34 unspecified atom stereocenters. The third-order valence-corrected chi connectivity index (χ3v) is 21.7. The molecule has 0 amide bonds. The van der Waals surface area contributed by atoms with Gasteiger partial charge in [0.05, 0.1) is 49.3 Å². The number of carbonyl (C=O) groups is 1. The molecule has 0 aromatic rings. The van der Waals surface area contributed by atoms with E-state index in [4.69, 9.17) is 51.6 Å². The second kappa shape index (κ2) is 26.4. The van der Waals surface area contributed by atoms with Crippen LogP contribution in [0.5, 0.6) is 0 Å². The van der Waals surface area contributed by atoms with Crippen LogP contribution >= 0.6 is 0 Å². The van der Waals surface area contributed by atoms with Gasteiger partial charge in [-0.25, -0.2) is 4.18 Å². The van der Waals surface area contributed by atoms with Crippen molar-refractivity contribution in [3.8, 4) is 0 Å². The van der Waals surface area contributed by atoms with Gasteiger partial charge in [-0.3, -0.25) is 9.35 Å². The monoisotopic (exact) mass is 1260 g/mol. The maximum atomic E-state index is 13.5. The number of ketones is 1. The second-order valence-corrected chi connectivity index (χ2v) is 28.1. The summed E-state index contributed by atoms with van der Waals surface area (Å²) in [4.78, 5) is 13.5. The highest BCUT2D eigenvalue weighted by Gasteiger charge is 2.64. The van der Waals surface area contributed by atoms with E-state index in [9.17, 15) is 84.1 Å². The molecule has 0 aromatic heterocycles. The van der Waals surface area contributed by atoms with E-state index < -0.39 is 206 Å². The standard InChI is InChI=1S/C57H94O28S/c1-21(2)22(3)31(59)18-57(9,71)35-11-10-28-27-17-32(30-16-26(85-86(72,73)74)12-14-55(30,7)29(27)13-15-56(28,35)8)79-52-46(70)47(38(62)25(6)78-52)82-53-48(83-50-44(68)41(65)36(60)23(4)76-50)40(64)34(20-75-53)81-54-49(43(67)39(63)33(19-58)80-54)84-51-45(69)42(66)37(61)24(5)77-51/h13,21-28,30,32-54,58,60-71H,10-12,14-20H2,1-9H3,(H,72,73,74). The van der Waals surface area contributed by atoms with Crippen LogP contribution in [0, 0.1) is 46.3 Å². The molecule has 9 rings (SSSR count). The predicted molar refractivity (Wildman–Crippen MR) is 290 cm³/mol. The molecular weight excluding hydrogens is 1160 g/mol. The van der Waals surface area contributed by atoms with Gasteiger partial charge in [-0.05, 0) is 113 Å². The van der Waals surface area contributed by atoms with Crippen molar-refractivity contribution in [2.24, 2.45) is 46.3 Å². The van der Waals surface area contributed by atoms with E-state index in [0.29, 0.717) is 32.1 Å². The highest BCUT2D eigenvalue weighted by Crippen LogP contribution is 2.67. The molecule has 0 aromatic carbocycles. The smallest absolute Gasteiger partial charge is 0.394 e. The van der Waals surface area contributed by atoms with Crippen molar-refractivity contribution in [3.63, 3.8) is 0 Å². The highest BCUT2D eigenvalue weighted by atomic mass is 32.3. The Kier molecular flexibility index (Phi) is 21.1. The molecule has 496 valence electrons. The SMILES string of the molecule is CC(C)C(C)C(=O)CC(C)(O)C1CCC2C3CC(OC4OC(C)C(O)C(OC5OCC(OC6OC(CO)C(O)C(O)C6OC6OC(C)C(O)C(O)C6O)C(O)C5OC5OC(C)C(O)C(O)C5O)C4O)C4CC(OS(=O)(=O)O)CCC4(C)C3=CCC21C. The Morgan fingerprint density at radius 2 is 1.19 bits per heavy atom. The van der Waals surface area contributed by atoms with Gasteiger partial charge in [-0.15, -0.1) is 0 Å². The van der Waals surface area contributed by atoms with Crippen LogP contribution in [0.1, 0.15) is 114 Å². The lowest BCUT2D eigenvalue weighted by atomic mass is 9.47. The van der Waals surface area contributed by atoms with Gasteiger partial charge in [0.2, 0.25) is 0 Å². The van der Waals surface area contributed by atoms with Crippen LogP contribution in [-0.2, 0) is 66.7 Å². The fraction of sp³-hybridized carbons (Fsp3) is 0.947. The van der Waals surface area contributed by atoms with E-state index in [2.05, 4.69) is 19.9 Å². The lowest BCUT2D eigenvalue weighted by Crippen LogP contribution is -2.67. The minimum Gasteiger partial charge on any atom is -0.394 e. The summed E-state index contributed by atoms with van der Waals surface area (Å²) in [6, 6.07) is 0. The average molecular weight is 1260 g/mol. The number of Topliss-reactive ketones (excluding diaryl/α,β-unsaturated/α-hetero) is 1. The minimum absolute atomic E-state index is 0.00277. The predicted octanol–water partition coefficient (Wildman–Crippen LogP) is -2.43. The fourth-order valence-corrected chi connectivity index (χ4v) is 16.2. The number of hydrogen-bond acceptors (Lipinski definition) is 27. The molecular formula is C57H94O28S. The van der Waals surface area contributed by atoms with Crippen LogP contribution in [-0.4, -0.2) is 264 Å². The van der Waals surface area contributed by atoms with E-state index in [1.54, 1.807) is 6.92 Å². The number of ether oxygens (including phenoxy) is 10. The van der Waals surface area contributed by atoms with Gasteiger partial charge < -0.3 is 114 Å². The number of fused-ring (bicyclic) bond motifs is 5. The van der Waals surface area contributed by atoms with Gasteiger partial charge >= 0.3 is 10.4 Å². The Morgan fingerprint density at radius 3 is 1.76 bits per heavy atom. The lowest BCUT2D eigenvalue weighted by Gasteiger charge is -2.60. The molecule has 5 aliphatic heterocycles. The molecule has 0 radical (unpaired) electrons. The molecule has 0 spiro atoms. The average Bonchev–Trinajstić information content (AvgIpc) is 1.31. The summed E-state index contributed by atoms with van der Waals surface area (Å²) in [6.45, 7) is 14.5. The van der Waals surface area contributed by atoms with Gasteiger partial charge in [0.25, 0.3) is 0 Å². The first-order chi connectivity index (χ1) is 40.1. The van der Waals surface area contributed by atoms with Crippen LogP contribution in [0.15, 0.2) is 11.6 Å². The quantitative estimate of drug-likeness (QED) is 0.0501. The number of carbonyl (C=O) groups excluding carboxylic acids is 1. The maximum Gasteiger partial charge on any atom is 0.397 e. The minimum atomic E-state index is -4.89. The van der Waals surface area contributed by atoms with E-state index >= 15 is 0 Å². The topological polar surface area (TPSA) is 436 Å². The third-order valence-electron chi connectivity index (χ3n) is 21.1. The largest absolute Gasteiger partial charge is 0.397 e. The normalized spacial score (nSPS) is 51.2. The summed E-state index contributed by atoms with van der Waals surface area (Å²) < 4.78 is 100. The summed E-state index contributed by atoms with van der Waals surface area (Å²) in [5.74, 6) is -1.10. The van der Waals surface area contributed by atoms with Crippen molar-refractivity contribution in [2.45, 2.75) is 279 Å². The summed E-state index contributed by atoms with van der Waals surface area (Å²) in [7, 11) is -4.89. The molecule has 34 atom stereocenters. The van der Waals surface area contributed by atoms with Gasteiger partial charge in [0, 0.05) is 12.3 Å². The first-order valence-corrected chi connectivity index (χ1v) is 31.7. The molecule has 3 saturated carbocycles. The van der Waals surface area contributed by atoms with Crippen LogP contribution in [0.3, 0.4) is 0 Å². The Balaban J connectivity index is 0.983. The van der Waals surface area contributed by atoms with E-state index in [0.717, 1.165) is 5.57 Å². The summed E-state index contributed by atoms with van der Waals surface area (Å²) in [5.41, 5.74) is -1.30. The van der Waals surface area contributed by atoms with Gasteiger partial charge in [-0.2, -0.15) is 8.42 Å². The third kappa shape index (κ3) is 13.3. The first-order valence-electron chi connectivity index (χ1n) is 30.3. The van der Waals surface area contributed by atoms with Gasteiger partial charge in [-0.1, -0.05) is 46.3 Å². The Hall–Kier alpha value is -1.64. The van der Waals surface area contributed by atoms with Gasteiger partial charge in [0.15, 0.2) is 31.5 Å². The summed E-state index contributed by atoms with van der Waals surface area (Å²) in [5, 5.41) is 145. The zero-order chi connectivity index (χ0) is 63.2. The van der Waals surface area contributed by atoms with Crippen molar-refractivity contribution in [1.82, 2.24) is 0 Å². The zero-order valence-electron chi connectivity index (χ0n) is 50.0. The van der Waals surface area contributed by atoms with Crippen molar-refractivity contribution < 1.29 is 136 Å². The maximum absolute atomic E-state index is 13.5. The Morgan fingerprint density at radius 1 is 0.640 bits per heavy atom. The molecule has 9 aliphatic rings. The molecule has 0 bridgehead atoms. The van der Waals surface area contributed by atoms with Crippen LogP contribution in [0.4, 0.5) is 0 Å². The van der Waals surface area contributed by atoms with Crippen molar-refractivity contribution in [3.05, 3.63) is 11.6 Å². The number of hydrogen-bond donors (Lipinski definition) is 14. The van der Waals surface area contributed by atoms with Crippen LogP contribution in [0.2, 0.25) is 0 Å². The van der Waals surface area contributed by atoms with E-state index in [1.165, 1.54) is 20.8 Å². The van der Waals surface area contributed by atoms with Crippen molar-refractivity contribution in [2.75, 3.05) is 13.2 Å². The number of allylic oxidation sites excluding steroid dienone is 2. The van der Waals surface area contributed by atoms with E-state index in [1.807, 2.05) is 20.8 Å². The van der Waals surface area contributed by atoms with Crippen LogP contribution < -0.4 is 0 Å². The molecule has 14 N–H and O–H groups in total. The molecule has 86 heavy (non-hydrogen) atoms. The van der Waals surface area contributed by atoms with Crippen molar-refractivity contribution in [1.29, 1.82) is 0 Å². The number of aliphatic hydroxyl groups excluding tert-OH is 12. The number of aliphatic hydroxyl groups is 13. The van der Waals surface area contributed by atoms with Gasteiger partial charge in [0.1, 0.15) is 103 Å². The Bertz CT molecular complexity index is 2460. The fourth-order valence-electron chi connectivity index (χ4n) is 15.7. The molecule has 29 heteroatoms. The highest BCUT2D eigenvalue weighted by molar-refractivity contribution is 7.80. The van der Waals surface area contributed by atoms with Crippen LogP contribution in [0.25, 0.3) is 0 Å². The molecule has 5 saturated heterocycles. The Labute approximate surface area is 500 Å². The molecule has 8 fully saturated rings. The first kappa shape index (κ1) is 68.7. The van der Waals surface area contributed by atoms with Crippen molar-refractivity contribution >= 4 is 16.2 Å². The lowest BCUT2D eigenvalue weighted by molar-refractivity contribution is -0.398. The summed E-state index contributed by atoms with van der Waals surface area (Å²) >= 11 is 0. The molecule has 4 aliphatic carbocycles. The molecule has 28 nitrogen and oxygen atoms in total. The zero-order valence-corrected chi connectivity index (χ0v) is 50.8. The van der Waals surface area contributed by atoms with E-state index in [-0.39, 0.29) is 54.6 Å².